The number of fused-ring (bicyclic) bond motifs is 1. The number of hydrogen-bond acceptors (Lipinski definition) is 3. The Labute approximate surface area is 108 Å². The van der Waals surface area contributed by atoms with Crippen LogP contribution in [-0.2, 0) is 24.0 Å². The van der Waals surface area contributed by atoms with Gasteiger partial charge in [-0.1, -0.05) is 32.9 Å². The molecule has 0 aliphatic heterocycles. The second-order valence-corrected chi connectivity index (χ2v) is 6.22. The summed E-state index contributed by atoms with van der Waals surface area (Å²) < 4.78 is 0. The minimum atomic E-state index is -0.331. The lowest BCUT2D eigenvalue weighted by Gasteiger charge is -2.26. The maximum Gasteiger partial charge on any atom is 0.0688 e. The Morgan fingerprint density at radius 1 is 1.06 bits per heavy atom. The molecule has 0 radical (unpaired) electrons. The van der Waals surface area contributed by atoms with E-state index in [1.807, 2.05) is 19.1 Å². The van der Waals surface area contributed by atoms with Gasteiger partial charge in [0.05, 0.1) is 19.8 Å². The average Bonchev–Trinajstić information content (AvgIpc) is 2.56. The van der Waals surface area contributed by atoms with Crippen LogP contribution in [0.15, 0.2) is 12.1 Å². The molecule has 0 fully saturated rings. The molecule has 100 valence electrons. The molecule has 2 rings (SSSR count). The van der Waals surface area contributed by atoms with Crippen molar-refractivity contribution in [2.75, 3.05) is 6.61 Å². The van der Waals surface area contributed by atoms with Crippen LogP contribution in [0, 0.1) is 0 Å². The first kappa shape index (κ1) is 13.5. The standard InChI is InChI=1S/C15H22O3/c1-14(2)8-15(3,9-18)13-11(7-17)10(6-16)4-5-12(13)14/h4-5,16-18H,6-9H2,1-3H3. The molecule has 18 heavy (non-hydrogen) atoms. The van der Waals surface area contributed by atoms with Crippen molar-refractivity contribution in [2.45, 2.75) is 51.2 Å². The van der Waals surface area contributed by atoms with Crippen molar-refractivity contribution in [3.63, 3.8) is 0 Å². The highest BCUT2D eigenvalue weighted by Crippen LogP contribution is 2.51. The Bertz CT molecular complexity index is 465. The maximum atomic E-state index is 9.74. The van der Waals surface area contributed by atoms with Crippen LogP contribution in [0.3, 0.4) is 0 Å². The van der Waals surface area contributed by atoms with Crippen molar-refractivity contribution >= 4 is 0 Å². The molecule has 3 N–H and O–H groups in total. The van der Waals surface area contributed by atoms with Crippen molar-refractivity contribution in [1.82, 2.24) is 0 Å². The highest BCUT2D eigenvalue weighted by atomic mass is 16.3. The van der Waals surface area contributed by atoms with Gasteiger partial charge in [0.15, 0.2) is 0 Å². The van der Waals surface area contributed by atoms with Gasteiger partial charge in [-0.2, -0.15) is 0 Å². The fourth-order valence-electron chi connectivity index (χ4n) is 3.57. The molecule has 1 aromatic rings. The molecular formula is C15H22O3. The smallest absolute Gasteiger partial charge is 0.0688 e. The summed E-state index contributed by atoms with van der Waals surface area (Å²) in [7, 11) is 0. The lowest BCUT2D eigenvalue weighted by Crippen LogP contribution is -2.27. The zero-order valence-corrected chi connectivity index (χ0v) is 11.3. The summed E-state index contributed by atoms with van der Waals surface area (Å²) in [5.41, 5.74) is 3.42. The second kappa shape index (κ2) is 4.34. The highest BCUT2D eigenvalue weighted by Gasteiger charge is 2.45. The number of hydrogen-bond donors (Lipinski definition) is 3. The normalized spacial score (nSPS) is 25.2. The molecule has 1 aliphatic carbocycles. The van der Waals surface area contributed by atoms with Gasteiger partial charge in [0.1, 0.15) is 0 Å². The molecule has 3 heteroatoms. The Hall–Kier alpha value is -0.900. The summed E-state index contributed by atoms with van der Waals surface area (Å²) in [4.78, 5) is 0. The van der Waals surface area contributed by atoms with Crippen LogP contribution in [-0.4, -0.2) is 21.9 Å². The lowest BCUT2D eigenvalue weighted by molar-refractivity contribution is 0.188. The Balaban J connectivity index is 2.74. The van der Waals surface area contributed by atoms with Crippen LogP contribution in [0.1, 0.15) is 49.4 Å². The van der Waals surface area contributed by atoms with E-state index in [1.54, 1.807) is 0 Å². The monoisotopic (exact) mass is 250 g/mol. The van der Waals surface area contributed by atoms with Crippen LogP contribution in [0.5, 0.6) is 0 Å². The first-order valence-corrected chi connectivity index (χ1v) is 6.38. The predicted molar refractivity (Wildman–Crippen MR) is 70.4 cm³/mol. The van der Waals surface area contributed by atoms with E-state index in [4.69, 9.17) is 0 Å². The summed E-state index contributed by atoms with van der Waals surface area (Å²) in [5.74, 6) is 0. The molecule has 0 heterocycles. The van der Waals surface area contributed by atoms with E-state index in [9.17, 15) is 15.3 Å². The summed E-state index contributed by atoms with van der Waals surface area (Å²) in [6, 6.07) is 3.91. The molecule has 0 bridgehead atoms. The largest absolute Gasteiger partial charge is 0.395 e. The van der Waals surface area contributed by atoms with Crippen LogP contribution >= 0.6 is 0 Å². The minimum Gasteiger partial charge on any atom is -0.395 e. The third-order valence-corrected chi connectivity index (χ3v) is 4.25. The van der Waals surface area contributed by atoms with E-state index in [1.165, 1.54) is 5.56 Å². The average molecular weight is 250 g/mol. The first-order valence-electron chi connectivity index (χ1n) is 6.38. The van der Waals surface area contributed by atoms with E-state index in [2.05, 4.69) is 13.8 Å². The van der Waals surface area contributed by atoms with Crippen molar-refractivity contribution in [2.24, 2.45) is 0 Å². The number of aliphatic hydroxyl groups is 3. The number of rotatable bonds is 3. The van der Waals surface area contributed by atoms with Crippen LogP contribution in [0.2, 0.25) is 0 Å². The summed E-state index contributed by atoms with van der Waals surface area (Å²) >= 11 is 0. The third kappa shape index (κ3) is 1.78. The minimum absolute atomic E-state index is 0.00921. The molecule has 0 saturated heterocycles. The summed E-state index contributed by atoms with van der Waals surface area (Å²) in [6.45, 7) is 6.24. The van der Waals surface area contributed by atoms with Crippen LogP contribution < -0.4 is 0 Å². The van der Waals surface area contributed by atoms with Gasteiger partial charge in [-0.15, -0.1) is 0 Å². The molecule has 1 aliphatic rings. The summed E-state index contributed by atoms with van der Waals surface area (Å²) in [6.07, 6.45) is 0.855. The zero-order valence-electron chi connectivity index (χ0n) is 11.3. The van der Waals surface area contributed by atoms with E-state index in [0.717, 1.165) is 23.1 Å². The fraction of sp³-hybridized carbons (Fsp3) is 0.600. The molecule has 0 amide bonds. The van der Waals surface area contributed by atoms with E-state index >= 15 is 0 Å². The van der Waals surface area contributed by atoms with Crippen molar-refractivity contribution < 1.29 is 15.3 Å². The molecule has 1 aromatic carbocycles. The predicted octanol–water partition coefficient (Wildman–Crippen LogP) is 1.60. The summed E-state index contributed by atoms with van der Waals surface area (Å²) in [5, 5.41) is 28.7. The molecule has 0 saturated carbocycles. The van der Waals surface area contributed by atoms with Gasteiger partial charge in [0.25, 0.3) is 0 Å². The zero-order chi connectivity index (χ0) is 13.6. The molecule has 3 nitrogen and oxygen atoms in total. The van der Waals surface area contributed by atoms with Crippen LogP contribution in [0.4, 0.5) is 0 Å². The number of benzene rings is 1. The van der Waals surface area contributed by atoms with Gasteiger partial charge in [0, 0.05) is 5.41 Å². The van der Waals surface area contributed by atoms with Crippen molar-refractivity contribution in [1.29, 1.82) is 0 Å². The number of aliphatic hydroxyl groups excluding tert-OH is 3. The van der Waals surface area contributed by atoms with Crippen molar-refractivity contribution in [3.8, 4) is 0 Å². The highest BCUT2D eigenvalue weighted by molar-refractivity contribution is 5.52. The molecular weight excluding hydrogens is 228 g/mol. The second-order valence-electron chi connectivity index (χ2n) is 6.22. The first-order chi connectivity index (χ1) is 8.39. The van der Waals surface area contributed by atoms with Gasteiger partial charge in [-0.25, -0.2) is 0 Å². The topological polar surface area (TPSA) is 60.7 Å². The Kier molecular flexibility index (Phi) is 3.26. The van der Waals surface area contributed by atoms with E-state index in [-0.39, 0.29) is 30.7 Å². The molecule has 1 atom stereocenters. The molecule has 1 unspecified atom stereocenters. The van der Waals surface area contributed by atoms with Gasteiger partial charge in [0.2, 0.25) is 0 Å². The van der Waals surface area contributed by atoms with Gasteiger partial charge < -0.3 is 15.3 Å². The fourth-order valence-corrected chi connectivity index (χ4v) is 3.57. The quantitative estimate of drug-likeness (QED) is 0.763. The van der Waals surface area contributed by atoms with Gasteiger partial charge in [-0.05, 0) is 34.1 Å². The van der Waals surface area contributed by atoms with E-state index in [0.29, 0.717) is 0 Å². The Morgan fingerprint density at radius 3 is 2.22 bits per heavy atom. The van der Waals surface area contributed by atoms with Crippen molar-refractivity contribution in [3.05, 3.63) is 34.4 Å². The SMILES string of the molecule is CC1(C)CC(C)(CO)c2c1ccc(CO)c2CO. The molecule has 0 spiro atoms. The lowest BCUT2D eigenvalue weighted by atomic mass is 9.80. The van der Waals surface area contributed by atoms with E-state index < -0.39 is 0 Å². The molecule has 0 aromatic heterocycles. The maximum absolute atomic E-state index is 9.74. The van der Waals surface area contributed by atoms with Gasteiger partial charge >= 0.3 is 0 Å². The third-order valence-electron chi connectivity index (χ3n) is 4.25. The van der Waals surface area contributed by atoms with Crippen LogP contribution in [0.25, 0.3) is 0 Å². The Morgan fingerprint density at radius 2 is 1.72 bits per heavy atom. The van der Waals surface area contributed by atoms with Gasteiger partial charge in [-0.3, -0.25) is 0 Å².